The summed E-state index contributed by atoms with van der Waals surface area (Å²) in [6.45, 7) is 6.28. The van der Waals surface area contributed by atoms with Gasteiger partial charge in [0.2, 0.25) is 10.0 Å². The topological polar surface area (TPSA) is 112 Å². The molecule has 2 aromatic rings. The molecule has 0 spiro atoms. The Morgan fingerprint density at radius 1 is 1.19 bits per heavy atom. The van der Waals surface area contributed by atoms with Crippen LogP contribution in [0.15, 0.2) is 63.4 Å². The van der Waals surface area contributed by atoms with Gasteiger partial charge in [-0.15, -0.1) is 0 Å². The Hall–Kier alpha value is -3.29. The number of nitrogens with one attached hydrogen (secondary N) is 2. The van der Waals surface area contributed by atoms with Crippen LogP contribution in [0.5, 0.6) is 5.75 Å². The predicted octanol–water partition coefficient (Wildman–Crippen LogP) is 6.76. The van der Waals surface area contributed by atoms with Gasteiger partial charge in [0.25, 0.3) is 0 Å². The second kappa shape index (κ2) is 13.3. The van der Waals surface area contributed by atoms with Crippen LogP contribution in [0.1, 0.15) is 69.9 Å². The van der Waals surface area contributed by atoms with Crippen molar-refractivity contribution in [1.29, 1.82) is 5.26 Å². The molecule has 42 heavy (non-hydrogen) atoms. The van der Waals surface area contributed by atoms with Gasteiger partial charge in [0.1, 0.15) is 5.75 Å². The van der Waals surface area contributed by atoms with E-state index in [-0.39, 0.29) is 17.5 Å². The summed E-state index contributed by atoms with van der Waals surface area (Å²) in [7, 11) is -0.140. The van der Waals surface area contributed by atoms with Crippen molar-refractivity contribution in [1.82, 2.24) is 5.32 Å². The highest BCUT2D eigenvalue weighted by Crippen LogP contribution is 2.47. The first-order valence-electron chi connectivity index (χ1n) is 14.3. The number of benzene rings is 2. The van der Waals surface area contributed by atoms with E-state index in [0.29, 0.717) is 51.9 Å². The molecule has 2 unspecified atom stereocenters. The number of ketones is 1. The summed E-state index contributed by atoms with van der Waals surface area (Å²) in [5, 5.41) is 13.6. The Balaban J connectivity index is 1.85. The van der Waals surface area contributed by atoms with E-state index in [1.807, 2.05) is 56.1 Å². The quantitative estimate of drug-likeness (QED) is 0.275. The second-order valence-electron chi connectivity index (χ2n) is 11.1. The number of carbonyl (C=O) groups excluding carboxylic acids is 1. The van der Waals surface area contributed by atoms with Crippen LogP contribution in [-0.2, 0) is 21.4 Å². The van der Waals surface area contributed by atoms with Crippen molar-refractivity contribution in [2.45, 2.75) is 65.3 Å². The number of anilines is 2. The maximum Gasteiger partial charge on any atom is 0.232 e. The zero-order valence-corrected chi connectivity index (χ0v) is 27.3. The summed E-state index contributed by atoms with van der Waals surface area (Å²) in [5.41, 5.74) is 5.37. The van der Waals surface area contributed by atoms with E-state index in [1.54, 1.807) is 13.2 Å². The summed E-state index contributed by atoms with van der Waals surface area (Å²) in [4.78, 5) is 15.6. The molecule has 10 heteroatoms. The molecule has 2 aliphatic rings. The molecule has 1 heterocycles. The zero-order valence-electron chi connectivity index (χ0n) is 24.9. The minimum Gasteiger partial charge on any atom is -0.497 e. The first kappa shape index (κ1) is 31.6. The number of hydrogen-bond donors (Lipinski definition) is 2. The van der Waals surface area contributed by atoms with E-state index in [4.69, 9.17) is 4.74 Å². The molecule has 0 aromatic heterocycles. The zero-order chi connectivity index (χ0) is 30.6. The largest absolute Gasteiger partial charge is 0.497 e. The number of Topliss-reactive ketones (excluding diaryl/α,β-unsaturated/α-hetero) is 1. The molecule has 1 aliphatic heterocycles. The lowest BCUT2D eigenvalue weighted by Gasteiger charge is -2.36. The van der Waals surface area contributed by atoms with Crippen LogP contribution in [0.4, 0.5) is 11.4 Å². The van der Waals surface area contributed by atoms with Crippen LogP contribution in [0.25, 0.3) is 0 Å². The number of ether oxygens (including phenoxy) is 1. The number of hydrogen-bond acceptors (Lipinski definition) is 7. The molecule has 2 atom stereocenters. The Morgan fingerprint density at radius 2 is 1.95 bits per heavy atom. The normalized spacial score (nSPS) is 18.7. The van der Waals surface area contributed by atoms with Gasteiger partial charge in [0.05, 0.1) is 41.8 Å². The molecule has 0 fully saturated rings. The maximum atomic E-state index is 13.6. The number of halogens is 1. The van der Waals surface area contributed by atoms with Crippen LogP contribution >= 0.6 is 15.9 Å². The average molecular weight is 656 g/mol. The van der Waals surface area contributed by atoms with E-state index in [2.05, 4.69) is 39.0 Å². The van der Waals surface area contributed by atoms with Gasteiger partial charge in [-0.3, -0.25) is 9.52 Å². The average Bonchev–Trinajstić information content (AvgIpc) is 2.91. The molecule has 0 amide bonds. The standard InChI is InChI=1S/C32H39BrN4O4S/c1-6-9-21-14-27-31(29(38)15-21)30(25(18-34)20(3)35-27)23-16-26(33)32(28(17-23)36-42(39,40)12-7-2)37(4)19-22-10-8-11-24(13-22)41-5/h8,10-11,13,16-17,21,30,35-36H,6-7,9,12,14-15,19H2,1-5H3. The van der Waals surface area contributed by atoms with Gasteiger partial charge in [-0.25, -0.2) is 8.42 Å². The van der Waals surface area contributed by atoms with Crippen LogP contribution in [-0.4, -0.2) is 34.1 Å². The number of sulfonamides is 1. The molecule has 0 saturated heterocycles. The number of nitrogens with zero attached hydrogens (tertiary/aromatic N) is 2. The summed E-state index contributed by atoms with van der Waals surface area (Å²) in [6, 6.07) is 13.7. The Kier molecular flexibility index (Phi) is 10.1. The number of carbonyl (C=O) groups is 1. The van der Waals surface area contributed by atoms with Crippen LogP contribution in [0.3, 0.4) is 0 Å². The SMILES string of the molecule is CCCC1CC(=O)C2=C(C1)NC(C)=C(C#N)C2c1cc(Br)c(N(C)Cc2cccc(OC)c2)c(NS(=O)(=O)CCC)c1. The van der Waals surface area contributed by atoms with E-state index in [0.717, 1.165) is 42.0 Å². The molecule has 8 nitrogen and oxygen atoms in total. The third-order valence-electron chi connectivity index (χ3n) is 7.82. The van der Waals surface area contributed by atoms with E-state index < -0.39 is 15.9 Å². The summed E-state index contributed by atoms with van der Waals surface area (Å²) in [6.07, 6.45) is 3.62. The van der Waals surface area contributed by atoms with E-state index in [9.17, 15) is 18.5 Å². The van der Waals surface area contributed by atoms with Crippen molar-refractivity contribution in [2.24, 2.45) is 5.92 Å². The van der Waals surface area contributed by atoms with Gasteiger partial charge in [0.15, 0.2) is 5.78 Å². The summed E-state index contributed by atoms with van der Waals surface area (Å²) >= 11 is 3.73. The number of methoxy groups -OCH3 is 1. The highest BCUT2D eigenvalue weighted by molar-refractivity contribution is 9.10. The molecular weight excluding hydrogens is 616 g/mol. The second-order valence-corrected chi connectivity index (χ2v) is 13.8. The Labute approximate surface area is 258 Å². The monoisotopic (exact) mass is 654 g/mol. The van der Waals surface area contributed by atoms with Gasteiger partial charge in [-0.05, 0) is 83.4 Å². The van der Waals surface area contributed by atoms with Gasteiger partial charge in [0, 0.05) is 41.5 Å². The number of nitriles is 1. The Bertz CT molecular complexity index is 1580. The van der Waals surface area contributed by atoms with Gasteiger partial charge < -0.3 is 15.0 Å². The van der Waals surface area contributed by atoms with E-state index >= 15 is 0 Å². The lowest BCUT2D eigenvalue weighted by atomic mass is 9.72. The van der Waals surface area contributed by atoms with Crippen LogP contribution in [0, 0.1) is 17.2 Å². The third kappa shape index (κ3) is 6.84. The molecular formula is C32H39BrN4O4S. The number of rotatable bonds is 11. The minimum atomic E-state index is -3.65. The fourth-order valence-electron chi connectivity index (χ4n) is 6.08. The van der Waals surface area contributed by atoms with Crippen molar-refractivity contribution >= 4 is 43.1 Å². The maximum absolute atomic E-state index is 13.6. The third-order valence-corrected chi connectivity index (χ3v) is 9.90. The molecule has 4 rings (SSSR count). The fraction of sp³-hybridized carbons (Fsp3) is 0.438. The molecule has 1 aliphatic carbocycles. The van der Waals surface area contributed by atoms with Crippen LogP contribution < -0.4 is 19.7 Å². The smallest absolute Gasteiger partial charge is 0.232 e. The predicted molar refractivity (Wildman–Crippen MR) is 171 cm³/mol. The summed E-state index contributed by atoms with van der Waals surface area (Å²) in [5.74, 6) is 0.414. The summed E-state index contributed by atoms with van der Waals surface area (Å²) < 4.78 is 35.0. The highest BCUT2D eigenvalue weighted by Gasteiger charge is 2.39. The van der Waals surface area contributed by atoms with Crippen molar-refractivity contribution in [3.05, 3.63) is 74.5 Å². The Morgan fingerprint density at radius 3 is 2.62 bits per heavy atom. The lowest BCUT2D eigenvalue weighted by Crippen LogP contribution is -2.34. The molecule has 0 radical (unpaired) electrons. The molecule has 0 saturated carbocycles. The number of dihydropyridines is 1. The van der Waals surface area contributed by atoms with Gasteiger partial charge in [-0.2, -0.15) is 5.26 Å². The van der Waals surface area contributed by atoms with E-state index in [1.165, 1.54) is 0 Å². The van der Waals surface area contributed by atoms with Crippen LogP contribution in [0.2, 0.25) is 0 Å². The van der Waals surface area contributed by atoms with Crippen molar-refractivity contribution in [3.63, 3.8) is 0 Å². The first-order valence-corrected chi connectivity index (χ1v) is 16.8. The lowest BCUT2D eigenvalue weighted by molar-refractivity contribution is -0.117. The molecule has 0 bridgehead atoms. The molecule has 224 valence electrons. The van der Waals surface area contributed by atoms with Crippen molar-refractivity contribution < 1.29 is 17.9 Å². The highest BCUT2D eigenvalue weighted by atomic mass is 79.9. The van der Waals surface area contributed by atoms with Crippen molar-refractivity contribution in [2.75, 3.05) is 29.5 Å². The molecule has 2 aromatic carbocycles. The van der Waals surface area contributed by atoms with Crippen molar-refractivity contribution in [3.8, 4) is 11.8 Å². The first-order chi connectivity index (χ1) is 20.0. The number of allylic oxidation sites excluding steroid dienone is 4. The van der Waals surface area contributed by atoms with Gasteiger partial charge >= 0.3 is 0 Å². The fourth-order valence-corrected chi connectivity index (χ4v) is 7.99. The van der Waals surface area contributed by atoms with Gasteiger partial charge in [-0.1, -0.05) is 32.4 Å². The molecule has 2 N–H and O–H groups in total. The minimum absolute atomic E-state index is 0.0315.